The molecule has 0 unspecified atom stereocenters. The molecule has 0 aliphatic rings. The predicted molar refractivity (Wildman–Crippen MR) is 126 cm³/mol. The van der Waals surface area contributed by atoms with Gasteiger partial charge >= 0.3 is 5.69 Å². The molecule has 0 saturated carbocycles. The third kappa shape index (κ3) is 4.61. The molecule has 2 aromatic heterocycles. The molecule has 0 aliphatic heterocycles. The summed E-state index contributed by atoms with van der Waals surface area (Å²) < 4.78 is 3.72. The number of rotatable bonds is 9. The van der Waals surface area contributed by atoms with Gasteiger partial charge in [-0.2, -0.15) is 0 Å². The van der Waals surface area contributed by atoms with Gasteiger partial charge in [-0.05, 0) is 45.9 Å². The number of nitrogens with one attached hydrogen (secondary N) is 1. The van der Waals surface area contributed by atoms with Gasteiger partial charge in [0.2, 0.25) is 0 Å². The lowest BCUT2D eigenvalue weighted by atomic mass is 9.98. The number of hydrogen-bond acceptors (Lipinski definition) is 4. The number of aromatic nitrogens is 6. The van der Waals surface area contributed by atoms with Crippen LogP contribution in [0.2, 0.25) is 0 Å². The van der Waals surface area contributed by atoms with Gasteiger partial charge in [0.1, 0.15) is 0 Å². The molecule has 0 amide bonds. The number of nitrogens with zero attached hydrogens (tertiary/aromatic N) is 5. The topological polar surface area (TPSA) is 81.4 Å². The Morgan fingerprint density at radius 3 is 2.50 bits per heavy atom. The van der Waals surface area contributed by atoms with Crippen LogP contribution in [0.4, 0.5) is 0 Å². The van der Waals surface area contributed by atoms with E-state index in [4.69, 9.17) is 0 Å². The van der Waals surface area contributed by atoms with Crippen LogP contribution in [0.3, 0.4) is 0 Å². The molecule has 164 valence electrons. The number of allylic oxidation sites excluding steroid dienone is 1. The Kier molecular flexibility index (Phi) is 6.44. The molecular formula is C25H28N6O. The number of hydrogen-bond donors (Lipinski definition) is 1. The van der Waals surface area contributed by atoms with E-state index in [2.05, 4.69) is 71.4 Å². The Morgan fingerprint density at radius 2 is 1.84 bits per heavy atom. The summed E-state index contributed by atoms with van der Waals surface area (Å²) in [7, 11) is 0. The molecule has 7 heteroatoms. The average molecular weight is 429 g/mol. The Hall–Kier alpha value is -3.74. The second kappa shape index (κ2) is 9.60. The van der Waals surface area contributed by atoms with E-state index in [9.17, 15) is 4.79 Å². The van der Waals surface area contributed by atoms with Crippen LogP contribution in [0.25, 0.3) is 22.5 Å². The van der Waals surface area contributed by atoms with Crippen molar-refractivity contribution in [2.75, 3.05) is 0 Å². The summed E-state index contributed by atoms with van der Waals surface area (Å²) in [5, 5.41) is 14.3. The maximum Gasteiger partial charge on any atom is 0.328 e. The summed E-state index contributed by atoms with van der Waals surface area (Å²) in [5.41, 5.74) is 5.23. The fourth-order valence-corrected chi connectivity index (χ4v) is 3.91. The highest BCUT2D eigenvalue weighted by Gasteiger charge is 2.13. The maximum absolute atomic E-state index is 13.0. The minimum Gasteiger partial charge on any atom is -0.299 e. The minimum absolute atomic E-state index is 0.0463. The highest BCUT2D eigenvalue weighted by molar-refractivity contribution is 5.80. The lowest BCUT2D eigenvalue weighted by molar-refractivity contribution is 0.503. The lowest BCUT2D eigenvalue weighted by Crippen LogP contribution is -2.26. The van der Waals surface area contributed by atoms with Crippen molar-refractivity contribution in [3.63, 3.8) is 0 Å². The predicted octanol–water partition coefficient (Wildman–Crippen LogP) is 4.32. The maximum atomic E-state index is 13.0. The molecule has 2 heterocycles. The standard InChI is InChI=1S/C25H28N6O/c1-4-5-8-21-17-30(15-18(2)3)25(32)31(21)16-19-11-13-20(14-12-19)22-9-6-7-10-23(22)24-26-28-29-27-24/h4,6-7,9-14,17-18H,1,5,8,15-16H2,2-3H3,(H,26,27,28,29). The van der Waals surface area contributed by atoms with Gasteiger partial charge in [0.15, 0.2) is 5.82 Å². The van der Waals surface area contributed by atoms with Gasteiger partial charge in [-0.15, -0.1) is 11.7 Å². The number of benzene rings is 2. The van der Waals surface area contributed by atoms with E-state index in [1.165, 1.54) is 0 Å². The van der Waals surface area contributed by atoms with Crippen LogP contribution in [0.15, 0.2) is 72.2 Å². The van der Waals surface area contributed by atoms with E-state index < -0.39 is 0 Å². The Bertz CT molecular complexity index is 1230. The number of H-pyrrole nitrogens is 1. The highest BCUT2D eigenvalue weighted by Crippen LogP contribution is 2.29. The molecule has 7 nitrogen and oxygen atoms in total. The molecule has 32 heavy (non-hydrogen) atoms. The molecular weight excluding hydrogens is 400 g/mol. The zero-order valence-corrected chi connectivity index (χ0v) is 18.5. The largest absolute Gasteiger partial charge is 0.328 e. The summed E-state index contributed by atoms with van der Waals surface area (Å²) in [5.74, 6) is 1.05. The van der Waals surface area contributed by atoms with Crippen molar-refractivity contribution in [1.82, 2.24) is 29.8 Å². The van der Waals surface area contributed by atoms with Gasteiger partial charge in [0.05, 0.1) is 6.54 Å². The van der Waals surface area contributed by atoms with Gasteiger partial charge < -0.3 is 0 Å². The van der Waals surface area contributed by atoms with Gasteiger partial charge in [0.25, 0.3) is 0 Å². The summed E-state index contributed by atoms with van der Waals surface area (Å²) in [6.45, 7) is 9.34. The van der Waals surface area contributed by atoms with Gasteiger partial charge in [-0.3, -0.25) is 9.13 Å². The summed E-state index contributed by atoms with van der Waals surface area (Å²) in [6, 6.07) is 16.3. The number of imidazole rings is 1. The Morgan fingerprint density at radius 1 is 1.09 bits per heavy atom. The monoisotopic (exact) mass is 428 g/mol. The molecule has 2 aromatic carbocycles. The first kappa shape index (κ1) is 21.5. The smallest absolute Gasteiger partial charge is 0.299 e. The van der Waals surface area contributed by atoms with Gasteiger partial charge in [-0.1, -0.05) is 68.5 Å². The van der Waals surface area contributed by atoms with Crippen LogP contribution in [-0.4, -0.2) is 29.8 Å². The summed E-state index contributed by atoms with van der Waals surface area (Å²) in [6.07, 6.45) is 5.55. The zero-order chi connectivity index (χ0) is 22.5. The number of tetrazole rings is 1. The van der Waals surface area contributed by atoms with E-state index in [1.807, 2.05) is 39.6 Å². The highest BCUT2D eigenvalue weighted by atomic mass is 16.1. The van der Waals surface area contributed by atoms with Crippen molar-refractivity contribution in [2.45, 2.75) is 39.8 Å². The van der Waals surface area contributed by atoms with Crippen molar-refractivity contribution in [3.05, 3.63) is 89.1 Å². The fraction of sp³-hybridized carbons (Fsp3) is 0.280. The quantitative estimate of drug-likeness (QED) is 0.403. The van der Waals surface area contributed by atoms with Crippen LogP contribution in [0, 0.1) is 5.92 Å². The van der Waals surface area contributed by atoms with Crippen molar-refractivity contribution >= 4 is 0 Å². The van der Waals surface area contributed by atoms with E-state index in [1.54, 1.807) is 0 Å². The second-order valence-corrected chi connectivity index (χ2v) is 8.36. The normalized spacial score (nSPS) is 11.2. The van der Waals surface area contributed by atoms with Crippen LogP contribution < -0.4 is 5.69 Å². The van der Waals surface area contributed by atoms with E-state index in [0.717, 1.165) is 47.3 Å². The molecule has 0 radical (unpaired) electrons. The first-order valence-corrected chi connectivity index (χ1v) is 10.9. The third-order valence-electron chi connectivity index (χ3n) is 5.43. The van der Waals surface area contributed by atoms with E-state index in [-0.39, 0.29) is 5.69 Å². The molecule has 0 saturated heterocycles. The molecule has 0 bridgehead atoms. The molecule has 4 rings (SSSR count). The molecule has 0 atom stereocenters. The SMILES string of the molecule is C=CCCc1cn(CC(C)C)c(=O)n1Cc1ccc(-c2ccccc2-c2nnn[nH]2)cc1. The number of aromatic amines is 1. The van der Waals surface area contributed by atoms with E-state index in [0.29, 0.717) is 18.3 Å². The average Bonchev–Trinajstić information content (AvgIpc) is 3.43. The summed E-state index contributed by atoms with van der Waals surface area (Å²) >= 11 is 0. The lowest BCUT2D eigenvalue weighted by Gasteiger charge is -2.10. The molecule has 0 spiro atoms. The van der Waals surface area contributed by atoms with Crippen molar-refractivity contribution in [1.29, 1.82) is 0 Å². The van der Waals surface area contributed by atoms with Crippen LogP contribution in [-0.2, 0) is 19.5 Å². The van der Waals surface area contributed by atoms with Gasteiger partial charge in [0, 0.05) is 24.0 Å². The molecule has 1 N–H and O–H groups in total. The van der Waals surface area contributed by atoms with Gasteiger partial charge in [-0.25, -0.2) is 9.89 Å². The minimum atomic E-state index is 0.0463. The summed E-state index contributed by atoms with van der Waals surface area (Å²) in [4.78, 5) is 13.0. The first-order chi connectivity index (χ1) is 15.6. The zero-order valence-electron chi connectivity index (χ0n) is 18.5. The molecule has 0 aliphatic carbocycles. The van der Waals surface area contributed by atoms with Crippen LogP contribution in [0.5, 0.6) is 0 Å². The van der Waals surface area contributed by atoms with E-state index >= 15 is 0 Å². The Labute approximate surface area is 187 Å². The fourth-order valence-electron chi connectivity index (χ4n) is 3.91. The third-order valence-corrected chi connectivity index (χ3v) is 5.43. The van der Waals surface area contributed by atoms with Crippen molar-refractivity contribution in [3.8, 4) is 22.5 Å². The van der Waals surface area contributed by atoms with Crippen LogP contribution in [0.1, 0.15) is 31.5 Å². The Balaban J connectivity index is 1.62. The number of aryl methyl sites for hydroxylation is 1. The molecule has 4 aromatic rings. The second-order valence-electron chi connectivity index (χ2n) is 8.36. The van der Waals surface area contributed by atoms with Crippen molar-refractivity contribution < 1.29 is 0 Å². The van der Waals surface area contributed by atoms with Crippen molar-refractivity contribution in [2.24, 2.45) is 5.92 Å². The molecule has 0 fully saturated rings. The first-order valence-electron chi connectivity index (χ1n) is 10.9. The van der Waals surface area contributed by atoms with Crippen LogP contribution >= 0.6 is 0 Å².